The molecule has 0 spiro atoms. The fourth-order valence-corrected chi connectivity index (χ4v) is 5.03. The normalized spacial score (nSPS) is 32.7. The van der Waals surface area contributed by atoms with Crippen LogP contribution in [0.3, 0.4) is 0 Å². The highest BCUT2D eigenvalue weighted by molar-refractivity contribution is 6.30. The predicted octanol–water partition coefficient (Wildman–Crippen LogP) is 4.31. The summed E-state index contributed by atoms with van der Waals surface area (Å²) in [6.07, 6.45) is 7.43. The molecule has 2 nitrogen and oxygen atoms in total. The molecule has 3 fully saturated rings. The van der Waals surface area contributed by atoms with Crippen molar-refractivity contribution in [1.29, 1.82) is 0 Å². The minimum atomic E-state index is -0.281. The van der Waals surface area contributed by atoms with Crippen LogP contribution in [0, 0.1) is 17.8 Å². The van der Waals surface area contributed by atoms with Crippen LogP contribution < -0.4 is 5.32 Å². The van der Waals surface area contributed by atoms with E-state index in [-0.39, 0.29) is 11.3 Å². The van der Waals surface area contributed by atoms with Crippen molar-refractivity contribution >= 4 is 17.5 Å². The van der Waals surface area contributed by atoms with Gasteiger partial charge in [0.1, 0.15) is 0 Å². The van der Waals surface area contributed by atoms with E-state index < -0.39 is 0 Å². The van der Waals surface area contributed by atoms with Gasteiger partial charge in [0.05, 0.1) is 5.41 Å². The number of fused-ring (bicyclic) bond motifs is 2. The fraction of sp³-hybridized carbons (Fsp3) is 0.632. The molecule has 0 heterocycles. The summed E-state index contributed by atoms with van der Waals surface area (Å²) in [4.78, 5) is 12.8. The average molecular weight is 318 g/mol. The molecule has 22 heavy (non-hydrogen) atoms. The van der Waals surface area contributed by atoms with Crippen molar-refractivity contribution < 1.29 is 4.79 Å². The Labute approximate surface area is 137 Å². The highest BCUT2D eigenvalue weighted by Gasteiger charge is 2.52. The standard InChI is InChI=1S/C19H24ClNO/c1-12(17-11-13-2-3-14(17)10-13)21-18(22)19(8-9-19)15-4-6-16(20)7-5-15/h4-7,12-14,17H,2-3,8-11H2,1H3,(H,21,22)/t12-,13+,14+,17-/m1/s1. The summed E-state index contributed by atoms with van der Waals surface area (Å²) in [7, 11) is 0. The number of nitrogens with one attached hydrogen (secondary N) is 1. The first-order valence-corrected chi connectivity index (χ1v) is 9.03. The van der Waals surface area contributed by atoms with E-state index in [1.165, 1.54) is 25.7 Å². The molecular weight excluding hydrogens is 294 g/mol. The van der Waals surface area contributed by atoms with E-state index in [9.17, 15) is 4.79 Å². The van der Waals surface area contributed by atoms with Crippen molar-refractivity contribution in [2.45, 2.75) is 56.9 Å². The molecule has 0 unspecified atom stereocenters. The van der Waals surface area contributed by atoms with E-state index in [2.05, 4.69) is 12.2 Å². The van der Waals surface area contributed by atoms with E-state index in [0.29, 0.717) is 12.0 Å². The van der Waals surface area contributed by atoms with Gasteiger partial charge in [0.2, 0.25) is 5.91 Å². The van der Waals surface area contributed by atoms with Crippen molar-refractivity contribution in [2.75, 3.05) is 0 Å². The summed E-state index contributed by atoms with van der Waals surface area (Å²) >= 11 is 5.97. The molecule has 3 heteroatoms. The Morgan fingerprint density at radius 2 is 1.95 bits per heavy atom. The SMILES string of the molecule is C[C@@H](NC(=O)C1(c2ccc(Cl)cc2)CC1)[C@H]1C[C@H]2CC[C@H]1C2. The van der Waals surface area contributed by atoms with Crippen LogP contribution in [-0.4, -0.2) is 11.9 Å². The largest absolute Gasteiger partial charge is 0.353 e. The molecule has 4 rings (SSSR count). The summed E-state index contributed by atoms with van der Waals surface area (Å²) in [6, 6.07) is 8.12. The van der Waals surface area contributed by atoms with Crippen LogP contribution in [0.25, 0.3) is 0 Å². The van der Waals surface area contributed by atoms with E-state index in [0.717, 1.165) is 35.3 Å². The Hall–Kier alpha value is -1.02. The Bertz CT molecular complexity index is 578. The summed E-state index contributed by atoms with van der Waals surface area (Å²) in [5.41, 5.74) is 0.839. The summed E-state index contributed by atoms with van der Waals surface area (Å²) in [6.45, 7) is 2.21. The highest BCUT2D eigenvalue weighted by atomic mass is 35.5. The lowest BCUT2D eigenvalue weighted by Crippen LogP contribution is -2.44. The molecule has 1 amide bonds. The molecule has 0 aliphatic heterocycles. The minimum absolute atomic E-state index is 0.227. The third-order valence-electron chi connectivity index (χ3n) is 6.38. The quantitative estimate of drug-likeness (QED) is 0.880. The molecule has 3 aliphatic rings. The molecule has 0 aromatic heterocycles. The van der Waals surface area contributed by atoms with Crippen LogP contribution in [0.5, 0.6) is 0 Å². The van der Waals surface area contributed by atoms with Gasteiger partial charge >= 0.3 is 0 Å². The second-order valence-corrected chi connectivity index (χ2v) is 8.13. The number of benzene rings is 1. The first-order chi connectivity index (χ1) is 10.6. The van der Waals surface area contributed by atoms with Gasteiger partial charge in [0, 0.05) is 11.1 Å². The maximum absolute atomic E-state index is 12.8. The molecule has 4 atom stereocenters. The van der Waals surface area contributed by atoms with Crippen LogP contribution in [0.15, 0.2) is 24.3 Å². The lowest BCUT2D eigenvalue weighted by molar-refractivity contribution is -0.124. The predicted molar refractivity (Wildman–Crippen MR) is 88.9 cm³/mol. The van der Waals surface area contributed by atoms with Gasteiger partial charge in [-0.3, -0.25) is 4.79 Å². The van der Waals surface area contributed by atoms with Crippen molar-refractivity contribution in [3.8, 4) is 0 Å². The van der Waals surface area contributed by atoms with Gasteiger partial charge in [-0.15, -0.1) is 0 Å². The monoisotopic (exact) mass is 317 g/mol. The second-order valence-electron chi connectivity index (χ2n) is 7.69. The topological polar surface area (TPSA) is 29.1 Å². The number of amides is 1. The highest BCUT2D eigenvalue weighted by Crippen LogP contribution is 2.51. The van der Waals surface area contributed by atoms with Gasteiger partial charge in [-0.05, 0) is 74.5 Å². The zero-order chi connectivity index (χ0) is 15.3. The summed E-state index contributed by atoms with van der Waals surface area (Å²) in [5.74, 6) is 2.71. The van der Waals surface area contributed by atoms with E-state index >= 15 is 0 Å². The number of halogens is 1. The lowest BCUT2D eigenvalue weighted by Gasteiger charge is -2.30. The molecule has 1 N–H and O–H groups in total. The summed E-state index contributed by atoms with van der Waals surface area (Å²) < 4.78 is 0. The van der Waals surface area contributed by atoms with Gasteiger partial charge in [-0.1, -0.05) is 30.2 Å². The van der Waals surface area contributed by atoms with E-state index in [4.69, 9.17) is 11.6 Å². The van der Waals surface area contributed by atoms with Gasteiger partial charge in [0.25, 0.3) is 0 Å². The molecule has 2 bridgehead atoms. The Balaban J connectivity index is 1.44. The first kappa shape index (κ1) is 14.6. The van der Waals surface area contributed by atoms with Crippen LogP contribution in [-0.2, 0) is 10.2 Å². The molecule has 0 saturated heterocycles. The zero-order valence-corrected chi connectivity index (χ0v) is 13.9. The van der Waals surface area contributed by atoms with Crippen molar-refractivity contribution in [2.24, 2.45) is 17.8 Å². The third-order valence-corrected chi connectivity index (χ3v) is 6.63. The number of hydrogen-bond donors (Lipinski definition) is 1. The van der Waals surface area contributed by atoms with E-state index in [1.807, 2.05) is 24.3 Å². The van der Waals surface area contributed by atoms with Crippen LogP contribution in [0.1, 0.15) is 51.0 Å². The zero-order valence-electron chi connectivity index (χ0n) is 13.1. The van der Waals surface area contributed by atoms with Crippen molar-refractivity contribution in [3.63, 3.8) is 0 Å². The average Bonchev–Trinajstić information content (AvgIpc) is 3.05. The molecule has 3 saturated carbocycles. The fourth-order valence-electron chi connectivity index (χ4n) is 4.90. The smallest absolute Gasteiger partial charge is 0.230 e. The van der Waals surface area contributed by atoms with Crippen LogP contribution in [0.2, 0.25) is 5.02 Å². The molecule has 3 aliphatic carbocycles. The summed E-state index contributed by atoms with van der Waals surface area (Å²) in [5, 5.41) is 4.08. The number of carbonyl (C=O) groups excluding carboxylic acids is 1. The van der Waals surface area contributed by atoms with Gasteiger partial charge in [-0.25, -0.2) is 0 Å². The van der Waals surface area contributed by atoms with Crippen molar-refractivity contribution in [1.82, 2.24) is 5.32 Å². The van der Waals surface area contributed by atoms with Gasteiger partial charge in [0.15, 0.2) is 0 Å². The Morgan fingerprint density at radius 3 is 2.50 bits per heavy atom. The van der Waals surface area contributed by atoms with Crippen LogP contribution in [0.4, 0.5) is 0 Å². The number of carbonyl (C=O) groups is 1. The molecule has 1 aromatic carbocycles. The van der Waals surface area contributed by atoms with Crippen molar-refractivity contribution in [3.05, 3.63) is 34.9 Å². The molecule has 0 radical (unpaired) electrons. The maximum Gasteiger partial charge on any atom is 0.230 e. The number of hydrogen-bond acceptors (Lipinski definition) is 1. The number of rotatable bonds is 4. The van der Waals surface area contributed by atoms with E-state index in [1.54, 1.807) is 0 Å². The minimum Gasteiger partial charge on any atom is -0.353 e. The third kappa shape index (κ3) is 2.36. The Morgan fingerprint density at radius 1 is 1.23 bits per heavy atom. The Kier molecular flexibility index (Phi) is 3.48. The first-order valence-electron chi connectivity index (χ1n) is 8.65. The lowest BCUT2D eigenvalue weighted by atomic mass is 9.83. The van der Waals surface area contributed by atoms with Crippen LogP contribution >= 0.6 is 11.6 Å². The molecular formula is C19H24ClNO. The second kappa shape index (κ2) is 5.26. The van der Waals surface area contributed by atoms with Gasteiger partial charge < -0.3 is 5.32 Å². The van der Waals surface area contributed by atoms with Gasteiger partial charge in [-0.2, -0.15) is 0 Å². The maximum atomic E-state index is 12.8. The molecule has 118 valence electrons. The molecule has 1 aromatic rings.